The van der Waals surface area contributed by atoms with E-state index in [1.807, 2.05) is 6.07 Å². The van der Waals surface area contributed by atoms with Crippen LogP contribution in [-0.4, -0.2) is 61.0 Å². The standard InChI is InChI=1S/C12H20N4O2S/c1-14-6-8-15(9-7-14)5-4-13-10-11-2-3-12(19-11)16(17)18/h2-3,13H,4-10H2,1H3. The molecule has 1 saturated heterocycles. The molecule has 1 aliphatic heterocycles. The topological polar surface area (TPSA) is 61.6 Å². The van der Waals surface area contributed by atoms with Crippen LogP contribution in [0.1, 0.15) is 4.88 Å². The second-order valence-corrected chi connectivity index (χ2v) is 5.97. The smallest absolute Gasteiger partial charge is 0.311 e. The van der Waals surface area contributed by atoms with E-state index in [2.05, 4.69) is 22.2 Å². The second kappa shape index (κ2) is 6.95. The number of hydrogen-bond donors (Lipinski definition) is 1. The fourth-order valence-corrected chi connectivity index (χ4v) is 2.87. The molecule has 0 bridgehead atoms. The van der Waals surface area contributed by atoms with Gasteiger partial charge in [0.2, 0.25) is 0 Å². The average molecular weight is 284 g/mol. The fourth-order valence-electron chi connectivity index (χ4n) is 2.08. The molecule has 0 aliphatic carbocycles. The van der Waals surface area contributed by atoms with Crippen molar-refractivity contribution in [1.29, 1.82) is 0 Å². The van der Waals surface area contributed by atoms with E-state index in [1.54, 1.807) is 6.07 Å². The van der Waals surface area contributed by atoms with Crippen molar-refractivity contribution in [3.05, 3.63) is 27.1 Å². The third-order valence-corrected chi connectivity index (χ3v) is 4.36. The zero-order valence-corrected chi connectivity index (χ0v) is 12.0. The Hall–Kier alpha value is -1.02. The molecule has 0 radical (unpaired) electrons. The summed E-state index contributed by atoms with van der Waals surface area (Å²) in [7, 11) is 2.15. The first-order valence-corrected chi connectivity index (χ1v) is 7.31. The van der Waals surface area contributed by atoms with Gasteiger partial charge >= 0.3 is 5.00 Å². The molecule has 2 heterocycles. The highest BCUT2D eigenvalue weighted by Crippen LogP contribution is 2.23. The molecule has 0 unspecified atom stereocenters. The number of rotatable bonds is 6. The predicted molar refractivity (Wildman–Crippen MR) is 76.6 cm³/mol. The molecule has 1 fully saturated rings. The summed E-state index contributed by atoms with van der Waals surface area (Å²) in [5.41, 5.74) is 0. The zero-order valence-electron chi connectivity index (χ0n) is 11.2. The first kappa shape index (κ1) is 14.4. The summed E-state index contributed by atoms with van der Waals surface area (Å²) in [4.78, 5) is 16.0. The number of piperazine rings is 1. The van der Waals surface area contributed by atoms with Crippen molar-refractivity contribution in [2.45, 2.75) is 6.54 Å². The highest BCUT2D eigenvalue weighted by atomic mass is 32.1. The largest absolute Gasteiger partial charge is 0.324 e. The van der Waals surface area contributed by atoms with Gasteiger partial charge in [0.15, 0.2) is 0 Å². The van der Waals surface area contributed by atoms with Crippen LogP contribution >= 0.6 is 11.3 Å². The van der Waals surface area contributed by atoms with E-state index in [1.165, 1.54) is 11.3 Å². The minimum atomic E-state index is -0.335. The van der Waals surface area contributed by atoms with Gasteiger partial charge < -0.3 is 10.2 Å². The van der Waals surface area contributed by atoms with Crippen LogP contribution in [0.4, 0.5) is 5.00 Å². The summed E-state index contributed by atoms with van der Waals surface area (Å²) in [5, 5.41) is 14.1. The number of likely N-dealkylation sites (N-methyl/N-ethyl adjacent to an activating group) is 1. The molecule has 7 heteroatoms. The van der Waals surface area contributed by atoms with Gasteiger partial charge in [0, 0.05) is 56.8 Å². The lowest BCUT2D eigenvalue weighted by Gasteiger charge is -2.32. The van der Waals surface area contributed by atoms with Gasteiger partial charge in [-0.05, 0) is 13.1 Å². The number of nitrogens with one attached hydrogen (secondary N) is 1. The van der Waals surface area contributed by atoms with Crippen molar-refractivity contribution in [1.82, 2.24) is 15.1 Å². The fraction of sp³-hybridized carbons (Fsp3) is 0.667. The number of nitrogens with zero attached hydrogens (tertiary/aromatic N) is 3. The van der Waals surface area contributed by atoms with E-state index in [9.17, 15) is 10.1 Å². The van der Waals surface area contributed by atoms with Gasteiger partial charge in [-0.1, -0.05) is 11.3 Å². The maximum atomic E-state index is 10.6. The van der Waals surface area contributed by atoms with Crippen LogP contribution in [0.5, 0.6) is 0 Å². The maximum Gasteiger partial charge on any atom is 0.324 e. The molecule has 2 rings (SSSR count). The van der Waals surface area contributed by atoms with E-state index in [-0.39, 0.29) is 9.92 Å². The molecular formula is C12H20N4O2S. The predicted octanol–water partition coefficient (Wildman–Crippen LogP) is 0.993. The van der Waals surface area contributed by atoms with Crippen LogP contribution in [-0.2, 0) is 6.54 Å². The Morgan fingerprint density at radius 2 is 2.11 bits per heavy atom. The Morgan fingerprint density at radius 1 is 1.37 bits per heavy atom. The molecule has 1 aliphatic rings. The van der Waals surface area contributed by atoms with Gasteiger partial charge in [-0.3, -0.25) is 15.0 Å². The van der Waals surface area contributed by atoms with Crippen molar-refractivity contribution in [3.8, 4) is 0 Å². The number of hydrogen-bond acceptors (Lipinski definition) is 6. The summed E-state index contributed by atoms with van der Waals surface area (Å²) >= 11 is 1.25. The molecule has 1 aromatic rings. The van der Waals surface area contributed by atoms with Gasteiger partial charge in [-0.15, -0.1) is 0 Å². The first-order chi connectivity index (χ1) is 9.15. The molecule has 0 spiro atoms. The highest BCUT2D eigenvalue weighted by molar-refractivity contribution is 7.15. The Bertz CT molecular complexity index is 416. The SMILES string of the molecule is CN1CCN(CCNCc2ccc([N+](=O)[O-])s2)CC1. The van der Waals surface area contributed by atoms with Gasteiger partial charge in [0.1, 0.15) is 0 Å². The Balaban J connectivity index is 1.62. The second-order valence-electron chi connectivity index (χ2n) is 4.82. The van der Waals surface area contributed by atoms with Gasteiger partial charge in [-0.2, -0.15) is 0 Å². The Morgan fingerprint density at radius 3 is 2.74 bits per heavy atom. The van der Waals surface area contributed by atoms with Crippen molar-refractivity contribution in [2.24, 2.45) is 0 Å². The lowest BCUT2D eigenvalue weighted by atomic mass is 10.3. The third kappa shape index (κ3) is 4.54. The number of thiophene rings is 1. The van der Waals surface area contributed by atoms with Crippen LogP contribution in [0, 0.1) is 10.1 Å². The van der Waals surface area contributed by atoms with Crippen LogP contribution in [0.2, 0.25) is 0 Å². The molecule has 1 aromatic heterocycles. The van der Waals surface area contributed by atoms with Crippen LogP contribution in [0.3, 0.4) is 0 Å². The van der Waals surface area contributed by atoms with Crippen molar-refractivity contribution in [2.75, 3.05) is 46.3 Å². The summed E-state index contributed by atoms with van der Waals surface area (Å²) in [6.07, 6.45) is 0. The summed E-state index contributed by atoms with van der Waals surface area (Å²) < 4.78 is 0. The van der Waals surface area contributed by atoms with E-state index < -0.39 is 0 Å². The molecule has 0 atom stereocenters. The third-order valence-electron chi connectivity index (χ3n) is 3.33. The quantitative estimate of drug-likeness (QED) is 0.479. The lowest BCUT2D eigenvalue weighted by Crippen LogP contribution is -2.46. The van der Waals surface area contributed by atoms with E-state index in [4.69, 9.17) is 0 Å². The van der Waals surface area contributed by atoms with Crippen LogP contribution in [0.25, 0.3) is 0 Å². The zero-order chi connectivity index (χ0) is 13.7. The van der Waals surface area contributed by atoms with Crippen LogP contribution in [0.15, 0.2) is 12.1 Å². The van der Waals surface area contributed by atoms with E-state index >= 15 is 0 Å². The Labute approximate surface area is 117 Å². The first-order valence-electron chi connectivity index (χ1n) is 6.50. The molecule has 1 N–H and O–H groups in total. The average Bonchev–Trinajstić information content (AvgIpc) is 2.86. The minimum absolute atomic E-state index is 0.218. The molecule has 106 valence electrons. The number of nitro groups is 1. The molecule has 0 saturated carbocycles. The van der Waals surface area contributed by atoms with Gasteiger partial charge in [0.05, 0.1) is 4.92 Å². The monoisotopic (exact) mass is 284 g/mol. The molecular weight excluding hydrogens is 264 g/mol. The Kier molecular flexibility index (Phi) is 5.26. The summed E-state index contributed by atoms with van der Waals surface area (Å²) in [6.45, 7) is 7.21. The van der Waals surface area contributed by atoms with Gasteiger partial charge in [-0.25, -0.2) is 0 Å². The molecule has 19 heavy (non-hydrogen) atoms. The summed E-state index contributed by atoms with van der Waals surface area (Å²) in [5.74, 6) is 0. The van der Waals surface area contributed by atoms with Crippen LogP contribution < -0.4 is 5.32 Å². The van der Waals surface area contributed by atoms with E-state index in [0.29, 0.717) is 6.54 Å². The minimum Gasteiger partial charge on any atom is -0.311 e. The van der Waals surface area contributed by atoms with E-state index in [0.717, 1.165) is 44.1 Å². The molecule has 0 amide bonds. The van der Waals surface area contributed by atoms with Gasteiger partial charge in [0.25, 0.3) is 0 Å². The van der Waals surface area contributed by atoms with Crippen molar-refractivity contribution in [3.63, 3.8) is 0 Å². The lowest BCUT2D eigenvalue weighted by molar-refractivity contribution is -0.380. The maximum absolute atomic E-state index is 10.6. The normalized spacial score (nSPS) is 17.7. The summed E-state index contributed by atoms with van der Waals surface area (Å²) in [6, 6.07) is 3.40. The highest BCUT2D eigenvalue weighted by Gasteiger charge is 2.13. The molecule has 0 aromatic carbocycles. The molecule has 6 nitrogen and oxygen atoms in total. The van der Waals surface area contributed by atoms with Crippen molar-refractivity contribution >= 4 is 16.3 Å². The van der Waals surface area contributed by atoms with Crippen molar-refractivity contribution < 1.29 is 4.92 Å².